The minimum absolute atomic E-state index is 0.0358. The lowest BCUT2D eigenvalue weighted by Crippen LogP contribution is -2.40. The van der Waals surface area contributed by atoms with Crippen LogP contribution in [0, 0.1) is 0 Å². The number of hydrogen-bond acceptors (Lipinski definition) is 2. The van der Waals surface area contributed by atoms with Crippen molar-refractivity contribution >= 4 is 33.8 Å². The molecule has 0 fully saturated rings. The maximum atomic E-state index is 13.7. The number of rotatable bonds is 7. The van der Waals surface area contributed by atoms with Gasteiger partial charge in [-0.05, 0) is 57.4 Å². The van der Waals surface area contributed by atoms with Crippen LogP contribution >= 0.6 is 15.9 Å². The number of halogens is 13. The van der Waals surface area contributed by atoms with Gasteiger partial charge in [-0.3, -0.25) is 9.59 Å². The predicted octanol–water partition coefficient (Wildman–Crippen LogP) is 7.25. The molecule has 220 valence electrons. The van der Waals surface area contributed by atoms with Crippen LogP contribution in [0.4, 0.5) is 52.7 Å². The Bertz CT molecular complexity index is 1230. The zero-order chi connectivity index (χ0) is 30.7. The third kappa shape index (κ3) is 9.75. The van der Waals surface area contributed by atoms with Gasteiger partial charge in [0.2, 0.25) is 5.91 Å². The van der Waals surface area contributed by atoms with Crippen LogP contribution in [-0.4, -0.2) is 37.3 Å². The number of alkyl halides is 12. The Morgan fingerprint density at radius 2 is 1.35 bits per heavy atom. The molecule has 2 amide bonds. The second-order valence-corrected chi connectivity index (χ2v) is 8.89. The van der Waals surface area contributed by atoms with E-state index in [-0.39, 0.29) is 33.8 Å². The summed E-state index contributed by atoms with van der Waals surface area (Å²) in [4.78, 5) is 23.6. The molecular weight excluding hydrogens is 644 g/mol. The van der Waals surface area contributed by atoms with Gasteiger partial charge in [0, 0.05) is 4.47 Å². The van der Waals surface area contributed by atoms with Crippen molar-refractivity contribution in [1.29, 1.82) is 0 Å². The van der Waals surface area contributed by atoms with Crippen LogP contribution in [0.5, 0.6) is 0 Å². The summed E-state index contributed by atoms with van der Waals surface area (Å²) < 4.78 is 156. The molecule has 4 nitrogen and oxygen atoms in total. The molecular formula is C23H15BrF12N2O2. The normalized spacial score (nSPS) is 13.8. The first-order valence-corrected chi connectivity index (χ1v) is 11.3. The van der Waals surface area contributed by atoms with Crippen LogP contribution in [-0.2, 0) is 17.1 Å². The molecule has 0 aromatic heterocycles. The highest BCUT2D eigenvalue weighted by Crippen LogP contribution is 2.42. The van der Waals surface area contributed by atoms with Gasteiger partial charge in [0.1, 0.15) is 6.54 Å². The van der Waals surface area contributed by atoms with E-state index in [1.54, 1.807) is 0 Å². The standard InChI is InChI=1S/C23H15BrF12N2O2/c24-17-5-11(1-3-15(17)19(40)37-9-18(39)38-10-20(25,26)27)2-4-16(23(34,35)36)12-6-13(21(28,29)30)8-14(7-12)22(31,32)33/h1-8,16H,9-10H2,(H,37,40)(H,38,39)/b4-2+. The van der Waals surface area contributed by atoms with Crippen molar-refractivity contribution in [2.75, 3.05) is 13.1 Å². The van der Waals surface area contributed by atoms with Gasteiger partial charge in [-0.2, -0.15) is 52.7 Å². The summed E-state index contributed by atoms with van der Waals surface area (Å²) in [5.74, 6) is -5.00. The second kappa shape index (κ2) is 12.1. The van der Waals surface area contributed by atoms with Crippen molar-refractivity contribution in [1.82, 2.24) is 10.6 Å². The molecule has 0 saturated carbocycles. The molecule has 0 radical (unpaired) electrons. The van der Waals surface area contributed by atoms with E-state index in [1.807, 2.05) is 5.32 Å². The molecule has 0 saturated heterocycles. The quantitative estimate of drug-likeness (QED) is 0.308. The Hall–Kier alpha value is -3.24. The van der Waals surface area contributed by atoms with Gasteiger partial charge in [-0.25, -0.2) is 0 Å². The van der Waals surface area contributed by atoms with Gasteiger partial charge in [0.25, 0.3) is 5.91 Å². The van der Waals surface area contributed by atoms with E-state index >= 15 is 0 Å². The van der Waals surface area contributed by atoms with Gasteiger partial charge >= 0.3 is 24.7 Å². The van der Waals surface area contributed by atoms with E-state index in [0.717, 1.165) is 24.3 Å². The lowest BCUT2D eigenvalue weighted by atomic mass is 9.93. The highest BCUT2D eigenvalue weighted by Gasteiger charge is 2.43. The predicted molar refractivity (Wildman–Crippen MR) is 120 cm³/mol. The molecule has 1 atom stereocenters. The smallest absolute Gasteiger partial charge is 0.345 e. The van der Waals surface area contributed by atoms with Crippen LogP contribution in [0.1, 0.15) is 38.5 Å². The topological polar surface area (TPSA) is 58.2 Å². The summed E-state index contributed by atoms with van der Waals surface area (Å²) in [5, 5.41) is 3.54. The summed E-state index contributed by atoms with van der Waals surface area (Å²) in [6.45, 7) is -2.48. The first-order chi connectivity index (χ1) is 18.1. The van der Waals surface area contributed by atoms with Crippen molar-refractivity contribution in [2.24, 2.45) is 0 Å². The summed E-state index contributed by atoms with van der Waals surface area (Å²) in [6.07, 6.45) is -19.6. The van der Waals surface area contributed by atoms with Crippen molar-refractivity contribution in [2.45, 2.75) is 30.6 Å². The molecule has 0 aliphatic heterocycles. The van der Waals surface area contributed by atoms with Crippen LogP contribution in [0.25, 0.3) is 6.08 Å². The molecule has 2 N–H and O–H groups in total. The Kier molecular flexibility index (Phi) is 9.97. The zero-order valence-corrected chi connectivity index (χ0v) is 20.9. The maximum absolute atomic E-state index is 13.7. The molecule has 0 aliphatic carbocycles. The molecule has 0 aliphatic rings. The Labute approximate surface area is 225 Å². The molecule has 2 rings (SSSR count). The first kappa shape index (κ1) is 33.0. The molecule has 0 bridgehead atoms. The van der Waals surface area contributed by atoms with E-state index in [9.17, 15) is 62.3 Å². The highest BCUT2D eigenvalue weighted by atomic mass is 79.9. The fourth-order valence-corrected chi connectivity index (χ4v) is 3.69. The highest BCUT2D eigenvalue weighted by molar-refractivity contribution is 9.10. The van der Waals surface area contributed by atoms with Gasteiger partial charge < -0.3 is 10.6 Å². The summed E-state index contributed by atoms with van der Waals surface area (Å²) >= 11 is 2.95. The number of nitrogens with one attached hydrogen (secondary N) is 2. The minimum Gasteiger partial charge on any atom is -0.345 e. The third-order valence-corrected chi connectivity index (χ3v) is 5.59. The van der Waals surface area contributed by atoms with Crippen LogP contribution in [0.2, 0.25) is 0 Å². The molecule has 1 unspecified atom stereocenters. The number of amides is 2. The zero-order valence-electron chi connectivity index (χ0n) is 19.3. The monoisotopic (exact) mass is 658 g/mol. The lowest BCUT2D eigenvalue weighted by molar-refractivity contribution is -0.146. The van der Waals surface area contributed by atoms with Crippen molar-refractivity contribution in [3.8, 4) is 0 Å². The van der Waals surface area contributed by atoms with Gasteiger partial charge in [0.05, 0.1) is 29.2 Å². The summed E-state index contributed by atoms with van der Waals surface area (Å²) in [6, 6.07) is 2.82. The molecule has 40 heavy (non-hydrogen) atoms. The molecule has 0 heterocycles. The van der Waals surface area contributed by atoms with Crippen LogP contribution < -0.4 is 10.6 Å². The summed E-state index contributed by atoms with van der Waals surface area (Å²) in [7, 11) is 0. The van der Waals surface area contributed by atoms with E-state index in [4.69, 9.17) is 0 Å². The van der Waals surface area contributed by atoms with E-state index in [1.165, 1.54) is 5.32 Å². The Morgan fingerprint density at radius 1 is 0.800 bits per heavy atom. The Balaban J connectivity index is 2.30. The summed E-state index contributed by atoms with van der Waals surface area (Å²) in [5.41, 5.74) is -5.43. The largest absolute Gasteiger partial charge is 0.416 e. The maximum Gasteiger partial charge on any atom is 0.416 e. The van der Waals surface area contributed by atoms with E-state index in [0.29, 0.717) is 6.08 Å². The van der Waals surface area contributed by atoms with Crippen molar-refractivity contribution in [3.05, 3.63) is 74.8 Å². The first-order valence-electron chi connectivity index (χ1n) is 10.5. The minimum atomic E-state index is -5.36. The average molecular weight is 659 g/mol. The van der Waals surface area contributed by atoms with Crippen molar-refractivity contribution in [3.63, 3.8) is 0 Å². The third-order valence-electron chi connectivity index (χ3n) is 4.94. The van der Waals surface area contributed by atoms with E-state index in [2.05, 4.69) is 15.9 Å². The SMILES string of the molecule is O=C(CNC(=O)c1ccc(/C=C/C(c2cc(C(F)(F)F)cc(C(F)(F)F)c2)C(F)(F)F)cc1Br)NCC(F)(F)F. The molecule has 17 heteroatoms. The second-order valence-electron chi connectivity index (χ2n) is 8.03. The van der Waals surface area contributed by atoms with Crippen molar-refractivity contribution < 1.29 is 62.3 Å². The number of benzene rings is 2. The Morgan fingerprint density at radius 3 is 1.80 bits per heavy atom. The van der Waals surface area contributed by atoms with Gasteiger partial charge in [0.15, 0.2) is 0 Å². The fraction of sp³-hybridized carbons (Fsp3) is 0.304. The van der Waals surface area contributed by atoms with Gasteiger partial charge in [-0.1, -0.05) is 18.2 Å². The molecule has 2 aromatic carbocycles. The number of allylic oxidation sites excluding steroid dienone is 1. The molecule has 0 spiro atoms. The van der Waals surface area contributed by atoms with Gasteiger partial charge in [-0.15, -0.1) is 0 Å². The fourth-order valence-electron chi connectivity index (χ4n) is 3.11. The van der Waals surface area contributed by atoms with E-state index < -0.39 is 72.2 Å². The number of carbonyl (C=O) groups excluding carboxylic acids is 2. The lowest BCUT2D eigenvalue weighted by Gasteiger charge is -2.21. The number of hydrogen-bond donors (Lipinski definition) is 2. The van der Waals surface area contributed by atoms with Crippen LogP contribution in [0.3, 0.4) is 0 Å². The molecule has 2 aromatic rings. The number of carbonyl (C=O) groups is 2. The average Bonchev–Trinajstić information content (AvgIpc) is 2.78. The van der Waals surface area contributed by atoms with Crippen LogP contribution in [0.15, 0.2) is 46.9 Å².